The van der Waals surface area contributed by atoms with Gasteiger partial charge in [-0.1, -0.05) is 13.8 Å². The van der Waals surface area contributed by atoms with Crippen LogP contribution in [0.25, 0.3) is 0 Å². The fourth-order valence-electron chi connectivity index (χ4n) is 14.4. The third-order valence-electron chi connectivity index (χ3n) is 19.6. The molecule has 6 aliphatic heterocycles. The summed E-state index contributed by atoms with van der Waals surface area (Å²) in [6.07, 6.45) is 4.09. The summed E-state index contributed by atoms with van der Waals surface area (Å²) in [4.78, 5) is 236. The molecule has 40 nitrogen and oxygen atoms in total. The van der Waals surface area contributed by atoms with Crippen LogP contribution in [0.15, 0.2) is 17.5 Å². The Hall–Kier alpha value is -10.1. The van der Waals surface area contributed by atoms with Gasteiger partial charge in [0.15, 0.2) is 5.96 Å². The number of imidazole rings is 1. The van der Waals surface area contributed by atoms with Gasteiger partial charge in [-0.3, -0.25) is 81.7 Å². The molecule has 7 heterocycles. The highest BCUT2D eigenvalue weighted by molar-refractivity contribution is 6.01. The molecule has 13 atom stereocenters. The van der Waals surface area contributed by atoms with Gasteiger partial charge in [0.2, 0.25) is 82.7 Å². The number of guanidine groups is 1. The van der Waals surface area contributed by atoms with Crippen molar-refractivity contribution in [1.29, 1.82) is 0 Å². The number of hydrogen-bond acceptors (Lipinski definition) is 21. The summed E-state index contributed by atoms with van der Waals surface area (Å²) in [7, 11) is 0. The number of carboxylic acid groups (broad SMARTS) is 2. The standard InChI is InChI=1S/C66H102N20O20/c1-35(2)27-41(62(103)82-22-6-12-43(82)56(97)77-39(11-4-20-71-66(68)69)54(95)74-32-52(93)94)76-50(90)31-72-49(89)30-73-55(96)42(33-87)79-58(99)44-13-5-21-81(44)61(102)40(18-19-51(91)92)78-57(98)45-14-7-23-83(45)64(105)48-17-10-26-86(48)65(106)53(36(3)88)80-59(100)46-15-8-24-84(46)63(104)47-16-9-25-85(47)60(101)38(67)28-37-29-70-34-75-37/h29,34-36,38-48,53,87-88H,4-28,30-33,67H2,1-3H3,(H,70,75)(H,72,89)(H,73,96)(H,74,95)(H,76,90)(H,77,97)(H,78,98)(H,79,99)(H,80,100)(H,91,92)(H,93,94)(H4,68,69,71)/t36-,38+,39+,40+,41+,42+,43+,44+,45+,46+,47+,48+,53+/m1/s1. The van der Waals surface area contributed by atoms with Crippen molar-refractivity contribution in [3.05, 3.63) is 18.2 Å². The molecular formula is C66H102N20O20. The monoisotopic (exact) mass is 1490 g/mol. The number of carbonyl (C=O) groups is 16. The maximum Gasteiger partial charge on any atom is 0.322 e. The number of aromatic amines is 1. The number of amides is 14. The number of aliphatic carboxylic acids is 2. The molecule has 0 radical (unpaired) electrons. The maximum absolute atomic E-state index is 14.6. The van der Waals surface area contributed by atoms with Crippen LogP contribution in [0.3, 0.4) is 0 Å². The number of aliphatic imine (C=N–C) groups is 1. The summed E-state index contributed by atoms with van der Waals surface area (Å²) >= 11 is 0. The van der Waals surface area contributed by atoms with Gasteiger partial charge in [0, 0.05) is 70.5 Å². The topological polar surface area (TPSA) is 589 Å². The van der Waals surface area contributed by atoms with Crippen molar-refractivity contribution in [3.63, 3.8) is 0 Å². The molecule has 1 aromatic rings. The highest BCUT2D eigenvalue weighted by Crippen LogP contribution is 2.30. The van der Waals surface area contributed by atoms with E-state index in [0.29, 0.717) is 44.2 Å². The van der Waals surface area contributed by atoms with Crippen LogP contribution in [0.4, 0.5) is 0 Å². The Morgan fingerprint density at radius 2 is 0.972 bits per heavy atom. The first kappa shape index (κ1) is 83.2. The number of rotatable bonds is 36. The van der Waals surface area contributed by atoms with Crippen LogP contribution in [0, 0.1) is 5.92 Å². The maximum atomic E-state index is 14.6. The Kier molecular flexibility index (Phi) is 30.8. The van der Waals surface area contributed by atoms with E-state index in [1.165, 1.54) is 37.8 Å². The van der Waals surface area contributed by atoms with E-state index in [1.54, 1.807) is 20.0 Å². The molecule has 6 fully saturated rings. The number of hydrogen-bond donors (Lipinski definition) is 16. The highest BCUT2D eigenvalue weighted by Gasteiger charge is 2.49. The Morgan fingerprint density at radius 1 is 0.528 bits per heavy atom. The van der Waals surface area contributed by atoms with Crippen LogP contribution in [0.1, 0.15) is 136 Å². The molecule has 0 unspecified atom stereocenters. The number of carboxylic acids is 2. The minimum Gasteiger partial charge on any atom is -0.481 e. The van der Waals surface area contributed by atoms with Crippen molar-refractivity contribution in [2.75, 3.05) is 72.1 Å². The van der Waals surface area contributed by atoms with Crippen LogP contribution in [-0.2, 0) is 83.1 Å². The largest absolute Gasteiger partial charge is 0.481 e. The molecule has 586 valence electrons. The average Bonchev–Trinajstić information content (AvgIpc) is 1.63. The number of aliphatic hydroxyl groups excluding tert-OH is 2. The Balaban J connectivity index is 0.897. The summed E-state index contributed by atoms with van der Waals surface area (Å²) in [6, 6.07) is -15.0. The predicted octanol–water partition coefficient (Wildman–Crippen LogP) is -7.58. The second kappa shape index (κ2) is 39.3. The first-order valence-corrected chi connectivity index (χ1v) is 36.1. The van der Waals surface area contributed by atoms with Crippen molar-refractivity contribution in [3.8, 4) is 0 Å². The van der Waals surface area contributed by atoms with Gasteiger partial charge in [-0.2, -0.15) is 0 Å². The molecule has 106 heavy (non-hydrogen) atoms. The zero-order chi connectivity index (χ0) is 77.6. The van der Waals surface area contributed by atoms with Gasteiger partial charge in [-0.15, -0.1) is 0 Å². The third-order valence-corrected chi connectivity index (χ3v) is 19.6. The molecule has 0 spiro atoms. The van der Waals surface area contributed by atoms with E-state index in [1.807, 2.05) is 0 Å². The van der Waals surface area contributed by atoms with Gasteiger partial charge < -0.3 is 115 Å². The number of aliphatic hydroxyl groups is 2. The molecule has 19 N–H and O–H groups in total. The Bertz CT molecular complexity index is 3410. The fourth-order valence-corrected chi connectivity index (χ4v) is 14.4. The smallest absolute Gasteiger partial charge is 0.322 e. The number of carbonyl (C=O) groups excluding carboxylic acids is 14. The average molecular weight is 1500 g/mol. The molecule has 6 aliphatic rings. The predicted molar refractivity (Wildman–Crippen MR) is 370 cm³/mol. The van der Waals surface area contributed by atoms with Gasteiger partial charge >= 0.3 is 11.9 Å². The van der Waals surface area contributed by atoms with Gasteiger partial charge in [-0.05, 0) is 116 Å². The molecule has 0 aliphatic carbocycles. The Labute approximate surface area is 610 Å². The fraction of sp³-hybridized carbons (Fsp3) is 0.697. The summed E-state index contributed by atoms with van der Waals surface area (Å²) < 4.78 is 0. The lowest BCUT2D eigenvalue weighted by molar-refractivity contribution is -0.150. The van der Waals surface area contributed by atoms with Crippen LogP contribution in [-0.4, -0.2) is 311 Å². The highest BCUT2D eigenvalue weighted by atomic mass is 16.4. The third kappa shape index (κ3) is 22.5. The SMILES string of the molecule is CC(C)C[C@H](NC(=O)CNC(=O)CNC(=O)[C@H](CO)NC(=O)[C@@H]1CCCN1C(=O)[C@H](CCC(=O)O)NC(=O)[C@@H]1CCCN1C(=O)[C@@H]1CCCN1C(=O)[C@@H](NC(=O)[C@@H]1CCCN1C(=O)[C@@H]1CCCN1C(=O)[C@@H](N)Cc1cnc[nH]1)[C@@H](C)O)C(=O)N1CCC[C@H]1C(=O)N[C@@H](CCCN=C(N)N)C(=O)NCC(=O)O. The quantitative estimate of drug-likeness (QED) is 0.0169. The zero-order valence-corrected chi connectivity index (χ0v) is 59.9. The lowest BCUT2D eigenvalue weighted by atomic mass is 10.0. The van der Waals surface area contributed by atoms with E-state index in [4.69, 9.17) is 22.3 Å². The summed E-state index contributed by atoms with van der Waals surface area (Å²) in [5.74, 6) is -13.7. The van der Waals surface area contributed by atoms with Crippen LogP contribution >= 0.6 is 0 Å². The van der Waals surface area contributed by atoms with Crippen molar-refractivity contribution in [2.24, 2.45) is 28.1 Å². The molecule has 7 rings (SSSR count). The van der Waals surface area contributed by atoms with Gasteiger partial charge in [-0.25, -0.2) is 4.98 Å². The lowest BCUT2D eigenvalue weighted by Crippen LogP contribution is -2.61. The van der Waals surface area contributed by atoms with Gasteiger partial charge in [0.25, 0.3) is 0 Å². The van der Waals surface area contributed by atoms with Crippen LogP contribution in [0.5, 0.6) is 0 Å². The normalized spacial score (nSPS) is 21.9. The minimum atomic E-state index is -1.70. The van der Waals surface area contributed by atoms with E-state index in [0.717, 1.165) is 4.90 Å². The number of nitrogens with one attached hydrogen (secondary N) is 9. The summed E-state index contributed by atoms with van der Waals surface area (Å²) in [5, 5.41) is 59.7. The number of H-pyrrole nitrogens is 1. The molecule has 0 aromatic carbocycles. The number of aromatic nitrogens is 2. The number of nitrogens with two attached hydrogens (primary N) is 3. The van der Waals surface area contributed by atoms with Crippen LogP contribution in [0.2, 0.25) is 0 Å². The van der Waals surface area contributed by atoms with Gasteiger partial charge in [0.1, 0.15) is 73.0 Å². The first-order valence-electron chi connectivity index (χ1n) is 36.1. The van der Waals surface area contributed by atoms with Crippen molar-refractivity contribution >= 4 is 101 Å². The Morgan fingerprint density at radius 3 is 1.45 bits per heavy atom. The molecule has 6 saturated heterocycles. The second-order valence-electron chi connectivity index (χ2n) is 27.9. The number of nitrogens with zero attached hydrogens (tertiary/aromatic N) is 8. The molecule has 0 bridgehead atoms. The van der Waals surface area contributed by atoms with Crippen LogP contribution < -0.4 is 59.7 Å². The summed E-state index contributed by atoms with van der Waals surface area (Å²) in [6.45, 7) is 2.31. The molecule has 40 heteroatoms. The second-order valence-corrected chi connectivity index (χ2v) is 27.9. The van der Waals surface area contributed by atoms with E-state index >= 15 is 0 Å². The molecule has 14 amide bonds. The van der Waals surface area contributed by atoms with E-state index in [9.17, 15) is 92.0 Å². The minimum absolute atomic E-state index is 0.00918. The number of likely N-dealkylation sites (tertiary alicyclic amines) is 6. The zero-order valence-electron chi connectivity index (χ0n) is 59.9. The van der Waals surface area contributed by atoms with E-state index in [-0.39, 0.29) is 122 Å². The molecule has 1 aromatic heterocycles. The lowest BCUT2D eigenvalue weighted by Gasteiger charge is -2.35. The van der Waals surface area contributed by atoms with Gasteiger partial charge in [0.05, 0.1) is 38.2 Å². The molecule has 0 saturated carbocycles. The summed E-state index contributed by atoms with van der Waals surface area (Å²) in [5.41, 5.74) is 17.7. The van der Waals surface area contributed by atoms with E-state index in [2.05, 4.69) is 57.5 Å². The van der Waals surface area contributed by atoms with Crippen molar-refractivity contribution in [2.45, 2.75) is 215 Å². The van der Waals surface area contributed by atoms with Crippen molar-refractivity contribution in [1.82, 2.24) is 81.9 Å². The first-order chi connectivity index (χ1) is 50.4. The molecular weight excluding hydrogens is 1390 g/mol. The van der Waals surface area contributed by atoms with Crippen molar-refractivity contribution < 1.29 is 97.1 Å². The van der Waals surface area contributed by atoms with E-state index < -0.39 is 212 Å².